The number of thiol groups is 2. The summed E-state index contributed by atoms with van der Waals surface area (Å²) in [7, 11) is 0. The van der Waals surface area contributed by atoms with E-state index in [-0.39, 0.29) is 24.3 Å². The molecule has 0 aromatic rings. The summed E-state index contributed by atoms with van der Waals surface area (Å²) in [4.78, 5) is 44.1. The fourth-order valence-corrected chi connectivity index (χ4v) is 1.63. The van der Waals surface area contributed by atoms with E-state index in [2.05, 4.69) is 35.9 Å². The minimum absolute atomic E-state index is 0.0754. The standard InChI is InChI=1S/C10H16N2O6S2/c13-7(11-5(3-19)9(15)16)1-2-8(14)12-6(4-20)10(17)18/h5-6,19-20H,1-4H2,(H,11,13)(H,12,14)(H,15,16)(H,17,18)/t5-,6-/m0/s1. The zero-order chi connectivity index (χ0) is 15.7. The van der Waals surface area contributed by atoms with E-state index in [0.29, 0.717) is 0 Å². The zero-order valence-corrected chi connectivity index (χ0v) is 12.2. The van der Waals surface area contributed by atoms with Crippen LogP contribution in [0.15, 0.2) is 0 Å². The highest BCUT2D eigenvalue weighted by Crippen LogP contribution is 1.96. The molecule has 2 atom stereocenters. The van der Waals surface area contributed by atoms with Crippen LogP contribution in [0.3, 0.4) is 0 Å². The van der Waals surface area contributed by atoms with Gasteiger partial charge in [0.15, 0.2) is 0 Å². The SMILES string of the molecule is O=C(CCC(=O)N[C@@H](CS)C(=O)O)N[C@@H](CS)C(=O)O. The van der Waals surface area contributed by atoms with E-state index < -0.39 is 35.8 Å². The van der Waals surface area contributed by atoms with E-state index in [1.807, 2.05) is 0 Å². The van der Waals surface area contributed by atoms with Crippen LogP contribution in [-0.4, -0.2) is 57.6 Å². The number of carboxylic acid groups (broad SMARTS) is 2. The number of hydrogen-bond donors (Lipinski definition) is 6. The van der Waals surface area contributed by atoms with Gasteiger partial charge in [-0.2, -0.15) is 25.3 Å². The maximum Gasteiger partial charge on any atom is 0.327 e. The Hall–Kier alpha value is -1.42. The zero-order valence-electron chi connectivity index (χ0n) is 10.4. The van der Waals surface area contributed by atoms with Crippen molar-refractivity contribution in [3.8, 4) is 0 Å². The number of hydrogen-bond acceptors (Lipinski definition) is 6. The number of aliphatic carboxylic acids is 2. The van der Waals surface area contributed by atoms with Gasteiger partial charge in [0, 0.05) is 24.3 Å². The minimum Gasteiger partial charge on any atom is -0.480 e. The summed E-state index contributed by atoms with van der Waals surface area (Å²) in [5.41, 5.74) is 0. The van der Waals surface area contributed by atoms with Crippen molar-refractivity contribution in [1.82, 2.24) is 10.6 Å². The van der Waals surface area contributed by atoms with Crippen molar-refractivity contribution in [2.24, 2.45) is 0 Å². The summed E-state index contributed by atoms with van der Waals surface area (Å²) in [6.45, 7) is 0. The molecule has 0 heterocycles. The fraction of sp³-hybridized carbons (Fsp3) is 0.600. The molecule has 0 bridgehead atoms. The van der Waals surface area contributed by atoms with E-state index in [0.717, 1.165) is 0 Å². The van der Waals surface area contributed by atoms with Crippen LogP contribution in [0.25, 0.3) is 0 Å². The average Bonchev–Trinajstić information content (AvgIpc) is 2.38. The highest BCUT2D eigenvalue weighted by atomic mass is 32.1. The van der Waals surface area contributed by atoms with Crippen LogP contribution in [0.2, 0.25) is 0 Å². The molecule has 0 saturated heterocycles. The molecule has 0 unspecified atom stereocenters. The van der Waals surface area contributed by atoms with Gasteiger partial charge in [-0.1, -0.05) is 0 Å². The Labute approximate surface area is 126 Å². The van der Waals surface area contributed by atoms with E-state index in [1.165, 1.54) is 0 Å². The first-order valence-corrected chi connectivity index (χ1v) is 6.84. The summed E-state index contributed by atoms with van der Waals surface area (Å²) in [6, 6.07) is -2.25. The second-order valence-corrected chi connectivity index (χ2v) is 4.51. The Morgan fingerprint density at radius 2 is 1.10 bits per heavy atom. The lowest BCUT2D eigenvalue weighted by Crippen LogP contribution is -2.44. The van der Waals surface area contributed by atoms with Crippen LogP contribution in [0.5, 0.6) is 0 Å². The van der Waals surface area contributed by atoms with Crippen molar-refractivity contribution in [3.63, 3.8) is 0 Å². The summed E-state index contributed by atoms with van der Waals surface area (Å²) in [5.74, 6) is -3.85. The normalized spacial score (nSPS) is 13.1. The predicted molar refractivity (Wildman–Crippen MR) is 76.1 cm³/mol. The molecule has 0 aliphatic rings. The topological polar surface area (TPSA) is 133 Å². The minimum atomic E-state index is -1.22. The van der Waals surface area contributed by atoms with Crippen molar-refractivity contribution in [2.45, 2.75) is 24.9 Å². The third-order valence-electron chi connectivity index (χ3n) is 2.21. The van der Waals surface area contributed by atoms with Gasteiger partial charge >= 0.3 is 11.9 Å². The Balaban J connectivity index is 4.15. The van der Waals surface area contributed by atoms with Crippen LogP contribution in [0.1, 0.15) is 12.8 Å². The van der Waals surface area contributed by atoms with Crippen LogP contribution in [0.4, 0.5) is 0 Å². The summed E-state index contributed by atoms with van der Waals surface area (Å²) < 4.78 is 0. The maximum atomic E-state index is 11.4. The maximum absolute atomic E-state index is 11.4. The van der Waals surface area contributed by atoms with E-state index in [4.69, 9.17) is 10.2 Å². The molecule has 0 rings (SSSR count). The molecule has 0 aliphatic heterocycles. The molecule has 20 heavy (non-hydrogen) atoms. The summed E-state index contributed by atoms with van der Waals surface area (Å²) in [6.07, 6.45) is -0.495. The quantitative estimate of drug-likeness (QED) is 0.294. The Morgan fingerprint density at radius 3 is 1.30 bits per heavy atom. The number of carbonyl (C=O) groups is 4. The van der Waals surface area contributed by atoms with Crippen LogP contribution in [0, 0.1) is 0 Å². The number of nitrogens with one attached hydrogen (secondary N) is 2. The van der Waals surface area contributed by atoms with Gasteiger partial charge in [0.25, 0.3) is 0 Å². The largest absolute Gasteiger partial charge is 0.480 e. The molecule has 0 spiro atoms. The first-order valence-electron chi connectivity index (χ1n) is 5.57. The number of carbonyl (C=O) groups excluding carboxylic acids is 2. The smallest absolute Gasteiger partial charge is 0.327 e. The monoisotopic (exact) mass is 324 g/mol. The highest BCUT2D eigenvalue weighted by Gasteiger charge is 2.20. The molecule has 8 nitrogen and oxygen atoms in total. The van der Waals surface area contributed by atoms with Crippen LogP contribution < -0.4 is 10.6 Å². The molecular weight excluding hydrogens is 308 g/mol. The average molecular weight is 324 g/mol. The van der Waals surface area contributed by atoms with Gasteiger partial charge in [0.1, 0.15) is 12.1 Å². The second-order valence-electron chi connectivity index (χ2n) is 3.78. The van der Waals surface area contributed by atoms with Gasteiger partial charge in [-0.3, -0.25) is 9.59 Å². The van der Waals surface area contributed by atoms with Crippen molar-refractivity contribution in [3.05, 3.63) is 0 Å². The highest BCUT2D eigenvalue weighted by molar-refractivity contribution is 7.80. The Bertz CT molecular complexity index is 354. The molecule has 0 aromatic heterocycles. The van der Waals surface area contributed by atoms with Gasteiger partial charge < -0.3 is 20.8 Å². The molecular formula is C10H16N2O6S2. The lowest BCUT2D eigenvalue weighted by atomic mass is 10.2. The molecule has 10 heteroatoms. The first kappa shape index (κ1) is 18.6. The second kappa shape index (κ2) is 9.48. The first-order chi connectivity index (χ1) is 9.31. The van der Waals surface area contributed by atoms with E-state index in [1.54, 1.807) is 0 Å². The van der Waals surface area contributed by atoms with Crippen molar-refractivity contribution in [1.29, 1.82) is 0 Å². The Morgan fingerprint density at radius 1 is 0.800 bits per heavy atom. The molecule has 0 aliphatic carbocycles. The summed E-state index contributed by atoms with van der Waals surface area (Å²) >= 11 is 7.54. The van der Waals surface area contributed by atoms with Gasteiger partial charge in [-0.25, -0.2) is 9.59 Å². The van der Waals surface area contributed by atoms with E-state index >= 15 is 0 Å². The van der Waals surface area contributed by atoms with Gasteiger partial charge in [-0.15, -0.1) is 0 Å². The Kier molecular flexibility index (Phi) is 8.81. The lowest BCUT2D eigenvalue weighted by Gasteiger charge is -2.13. The number of carboxylic acids is 2. The molecule has 114 valence electrons. The molecule has 0 radical (unpaired) electrons. The van der Waals surface area contributed by atoms with Gasteiger partial charge in [-0.05, 0) is 0 Å². The van der Waals surface area contributed by atoms with Crippen LogP contribution in [-0.2, 0) is 19.2 Å². The molecule has 4 N–H and O–H groups in total. The fourth-order valence-electron chi connectivity index (χ4n) is 1.13. The van der Waals surface area contributed by atoms with Gasteiger partial charge in [0.05, 0.1) is 0 Å². The predicted octanol–water partition coefficient (Wildman–Crippen LogP) is -1.23. The third-order valence-corrected chi connectivity index (χ3v) is 2.94. The number of rotatable bonds is 9. The van der Waals surface area contributed by atoms with Crippen molar-refractivity contribution < 1.29 is 29.4 Å². The lowest BCUT2D eigenvalue weighted by molar-refractivity contribution is -0.142. The third kappa shape index (κ3) is 7.24. The molecule has 0 saturated carbocycles. The van der Waals surface area contributed by atoms with Crippen molar-refractivity contribution >= 4 is 49.0 Å². The molecule has 0 fully saturated rings. The van der Waals surface area contributed by atoms with Crippen LogP contribution >= 0.6 is 25.3 Å². The summed E-state index contributed by atoms with van der Waals surface area (Å²) in [5, 5.41) is 21.8. The van der Waals surface area contributed by atoms with Crippen molar-refractivity contribution in [2.75, 3.05) is 11.5 Å². The number of amides is 2. The van der Waals surface area contributed by atoms with Gasteiger partial charge in [0.2, 0.25) is 11.8 Å². The van der Waals surface area contributed by atoms with E-state index in [9.17, 15) is 19.2 Å². The molecule has 2 amide bonds. The molecule has 0 aromatic carbocycles.